The van der Waals surface area contributed by atoms with Gasteiger partial charge < -0.3 is 10.2 Å². The van der Waals surface area contributed by atoms with Crippen LogP contribution in [-0.4, -0.2) is 5.78 Å². The van der Waals surface area contributed by atoms with Gasteiger partial charge in [0.2, 0.25) is 0 Å². The Labute approximate surface area is 89.0 Å². The molecule has 4 heteroatoms. The van der Waals surface area contributed by atoms with Gasteiger partial charge in [-0.1, -0.05) is 0 Å². The van der Waals surface area contributed by atoms with Gasteiger partial charge in [-0.2, -0.15) is 0 Å². The lowest BCUT2D eigenvalue weighted by atomic mass is 10.1. The summed E-state index contributed by atoms with van der Waals surface area (Å²) in [4.78, 5) is 11.2. The fraction of sp³-hybridized carbons (Fsp3) is 0.100. The number of nitrogen functional groups attached to an aromatic ring is 1. The van der Waals surface area contributed by atoms with E-state index in [1.165, 1.54) is 13.2 Å². The number of halogens is 1. The van der Waals surface area contributed by atoms with Gasteiger partial charge in [-0.05, 0) is 28.9 Å². The molecule has 72 valence electrons. The number of furan rings is 1. The molecule has 0 aliphatic carbocycles. The summed E-state index contributed by atoms with van der Waals surface area (Å²) in [6.07, 6.45) is 1.46. The number of hydrogen-bond acceptors (Lipinski definition) is 3. The van der Waals surface area contributed by atoms with Gasteiger partial charge in [0.25, 0.3) is 0 Å². The molecule has 0 spiro atoms. The zero-order valence-corrected chi connectivity index (χ0v) is 9.09. The number of carbonyl (C=O) groups is 1. The Kier molecular flexibility index (Phi) is 2.07. The van der Waals surface area contributed by atoms with Gasteiger partial charge in [0, 0.05) is 21.6 Å². The molecular formula is C10H8BrNO2. The minimum Gasteiger partial charge on any atom is -0.463 e. The largest absolute Gasteiger partial charge is 0.463 e. The van der Waals surface area contributed by atoms with Crippen LogP contribution in [0.15, 0.2) is 27.3 Å². The van der Waals surface area contributed by atoms with Crippen LogP contribution in [0.4, 0.5) is 5.69 Å². The van der Waals surface area contributed by atoms with E-state index in [-0.39, 0.29) is 5.78 Å². The molecule has 2 rings (SSSR count). The number of hydrogen-bond donors (Lipinski definition) is 1. The molecule has 1 aromatic heterocycles. The summed E-state index contributed by atoms with van der Waals surface area (Å²) in [6, 6.07) is 3.50. The maximum atomic E-state index is 11.2. The fourth-order valence-electron chi connectivity index (χ4n) is 1.34. The Morgan fingerprint density at radius 3 is 2.86 bits per heavy atom. The van der Waals surface area contributed by atoms with Gasteiger partial charge >= 0.3 is 0 Å². The van der Waals surface area contributed by atoms with Gasteiger partial charge in [0.15, 0.2) is 5.78 Å². The van der Waals surface area contributed by atoms with E-state index >= 15 is 0 Å². The van der Waals surface area contributed by atoms with E-state index < -0.39 is 0 Å². The topological polar surface area (TPSA) is 56.2 Å². The molecule has 0 aliphatic heterocycles. The summed E-state index contributed by atoms with van der Waals surface area (Å²) >= 11 is 3.31. The SMILES string of the molecule is CC(=O)c1coc2cc(N)c(Br)cc12. The van der Waals surface area contributed by atoms with Gasteiger partial charge in [0.1, 0.15) is 11.8 Å². The summed E-state index contributed by atoms with van der Waals surface area (Å²) in [6.45, 7) is 1.51. The molecule has 1 aromatic carbocycles. The number of ketones is 1. The third kappa shape index (κ3) is 1.32. The van der Waals surface area contributed by atoms with Crippen LogP contribution in [-0.2, 0) is 0 Å². The van der Waals surface area contributed by atoms with Crippen LogP contribution in [0.2, 0.25) is 0 Å². The van der Waals surface area contributed by atoms with Crippen LogP contribution in [0.3, 0.4) is 0 Å². The van der Waals surface area contributed by atoms with Crippen molar-refractivity contribution in [3.05, 3.63) is 28.4 Å². The van der Waals surface area contributed by atoms with Crippen LogP contribution >= 0.6 is 15.9 Å². The summed E-state index contributed by atoms with van der Waals surface area (Å²) in [5.41, 5.74) is 7.50. The predicted molar refractivity (Wildman–Crippen MR) is 58.3 cm³/mol. The molecule has 0 saturated carbocycles. The second-order valence-corrected chi connectivity index (χ2v) is 3.93. The molecule has 0 fully saturated rings. The third-order valence-corrected chi connectivity index (χ3v) is 2.76. The van der Waals surface area contributed by atoms with E-state index in [1.54, 1.807) is 12.1 Å². The van der Waals surface area contributed by atoms with Gasteiger partial charge in [-0.25, -0.2) is 0 Å². The highest BCUT2D eigenvalue weighted by molar-refractivity contribution is 9.10. The maximum Gasteiger partial charge on any atom is 0.163 e. The molecule has 2 N–H and O–H groups in total. The Morgan fingerprint density at radius 2 is 2.21 bits per heavy atom. The van der Waals surface area contributed by atoms with Gasteiger partial charge in [-0.3, -0.25) is 4.79 Å². The lowest BCUT2D eigenvalue weighted by molar-refractivity contribution is 0.101. The van der Waals surface area contributed by atoms with E-state index in [1.807, 2.05) is 0 Å². The van der Waals surface area contributed by atoms with Gasteiger partial charge in [-0.15, -0.1) is 0 Å². The number of nitrogens with two attached hydrogens (primary N) is 1. The number of Topliss-reactive ketones (excluding diaryl/α,β-unsaturated/α-hetero) is 1. The average Bonchev–Trinajstić information content (AvgIpc) is 2.48. The van der Waals surface area contributed by atoms with Crippen LogP contribution in [0.1, 0.15) is 17.3 Å². The van der Waals surface area contributed by atoms with Crippen LogP contribution < -0.4 is 5.73 Å². The van der Waals surface area contributed by atoms with Crippen LogP contribution in [0, 0.1) is 0 Å². The molecule has 2 aromatic rings. The Balaban J connectivity index is 2.80. The highest BCUT2D eigenvalue weighted by Gasteiger charge is 2.11. The van der Waals surface area contributed by atoms with E-state index in [2.05, 4.69) is 15.9 Å². The first-order valence-electron chi connectivity index (χ1n) is 4.06. The van der Waals surface area contributed by atoms with Crippen molar-refractivity contribution in [1.29, 1.82) is 0 Å². The van der Waals surface area contributed by atoms with Crippen LogP contribution in [0.5, 0.6) is 0 Å². The predicted octanol–water partition coefficient (Wildman–Crippen LogP) is 2.98. The van der Waals surface area contributed by atoms with E-state index in [0.717, 1.165) is 9.86 Å². The maximum absolute atomic E-state index is 11.2. The molecule has 0 aliphatic rings. The molecule has 3 nitrogen and oxygen atoms in total. The molecule has 0 amide bonds. The van der Waals surface area contributed by atoms with Crippen molar-refractivity contribution in [1.82, 2.24) is 0 Å². The van der Waals surface area contributed by atoms with Crippen molar-refractivity contribution in [3.8, 4) is 0 Å². The van der Waals surface area contributed by atoms with Crippen LogP contribution in [0.25, 0.3) is 11.0 Å². The minimum atomic E-state index is -0.0135. The van der Waals surface area contributed by atoms with Gasteiger partial charge in [0.05, 0.1) is 5.56 Å². The lowest BCUT2D eigenvalue weighted by Crippen LogP contribution is -1.90. The monoisotopic (exact) mass is 253 g/mol. The number of fused-ring (bicyclic) bond motifs is 1. The quantitative estimate of drug-likeness (QED) is 0.628. The van der Waals surface area contributed by atoms with Crippen molar-refractivity contribution in [3.63, 3.8) is 0 Å². The number of carbonyl (C=O) groups excluding carboxylic acids is 1. The van der Waals surface area contributed by atoms with Crippen molar-refractivity contribution >= 4 is 38.4 Å². The standard InChI is InChI=1S/C10H8BrNO2/c1-5(13)7-4-14-10-3-9(12)8(11)2-6(7)10/h2-4H,12H2,1H3. The second kappa shape index (κ2) is 3.13. The van der Waals surface area contributed by atoms with Crippen molar-refractivity contribution in [2.75, 3.05) is 5.73 Å². The molecule has 0 radical (unpaired) electrons. The zero-order chi connectivity index (χ0) is 10.3. The highest BCUT2D eigenvalue weighted by Crippen LogP contribution is 2.29. The molecule has 0 unspecified atom stereocenters. The first-order valence-corrected chi connectivity index (χ1v) is 4.86. The normalized spacial score (nSPS) is 10.7. The smallest absolute Gasteiger partial charge is 0.163 e. The highest BCUT2D eigenvalue weighted by atomic mass is 79.9. The number of benzene rings is 1. The zero-order valence-electron chi connectivity index (χ0n) is 7.50. The number of rotatable bonds is 1. The molecule has 14 heavy (non-hydrogen) atoms. The third-order valence-electron chi connectivity index (χ3n) is 2.07. The van der Waals surface area contributed by atoms with E-state index in [9.17, 15) is 4.79 Å². The lowest BCUT2D eigenvalue weighted by Gasteiger charge is -1.97. The minimum absolute atomic E-state index is 0.0135. The molecular weight excluding hydrogens is 246 g/mol. The summed E-state index contributed by atoms with van der Waals surface area (Å²) < 4.78 is 6.00. The molecule has 1 heterocycles. The van der Waals surface area contributed by atoms with E-state index in [4.69, 9.17) is 10.2 Å². The molecule has 0 saturated heterocycles. The Morgan fingerprint density at radius 1 is 1.50 bits per heavy atom. The summed E-state index contributed by atoms with van der Waals surface area (Å²) in [5.74, 6) is -0.0135. The average molecular weight is 254 g/mol. The first-order chi connectivity index (χ1) is 6.59. The number of anilines is 1. The first kappa shape index (κ1) is 9.27. The summed E-state index contributed by atoms with van der Waals surface area (Å²) in [7, 11) is 0. The molecule has 0 atom stereocenters. The molecule has 0 bridgehead atoms. The van der Waals surface area contributed by atoms with E-state index in [0.29, 0.717) is 16.8 Å². The van der Waals surface area contributed by atoms with Crippen molar-refractivity contribution in [2.45, 2.75) is 6.92 Å². The van der Waals surface area contributed by atoms with Crippen molar-refractivity contribution in [2.24, 2.45) is 0 Å². The fourth-order valence-corrected chi connectivity index (χ4v) is 1.68. The Hall–Kier alpha value is -1.29. The Bertz CT molecular complexity index is 516. The summed E-state index contributed by atoms with van der Waals surface area (Å²) in [5, 5.41) is 0.790. The second-order valence-electron chi connectivity index (χ2n) is 3.08. The van der Waals surface area contributed by atoms with Crippen molar-refractivity contribution < 1.29 is 9.21 Å².